The van der Waals surface area contributed by atoms with Crippen molar-refractivity contribution in [3.63, 3.8) is 0 Å². The number of carbonyl (C=O) groups is 1. The molecule has 2 heterocycles. The van der Waals surface area contributed by atoms with Gasteiger partial charge in [0.2, 0.25) is 5.91 Å². The summed E-state index contributed by atoms with van der Waals surface area (Å²) in [5.74, 6) is 1.72. The van der Waals surface area contributed by atoms with Crippen LogP contribution in [-0.4, -0.2) is 41.0 Å². The van der Waals surface area contributed by atoms with Gasteiger partial charge in [0.1, 0.15) is 5.82 Å². The highest BCUT2D eigenvalue weighted by molar-refractivity contribution is 5.92. The van der Waals surface area contributed by atoms with E-state index < -0.39 is 0 Å². The van der Waals surface area contributed by atoms with Gasteiger partial charge in [-0.25, -0.2) is 4.98 Å². The molecule has 1 saturated heterocycles. The Kier molecular flexibility index (Phi) is 5.95. The van der Waals surface area contributed by atoms with Crippen molar-refractivity contribution in [1.29, 1.82) is 0 Å². The van der Waals surface area contributed by atoms with Crippen LogP contribution in [0.4, 0.5) is 5.82 Å². The van der Waals surface area contributed by atoms with Crippen LogP contribution in [-0.2, 0) is 4.79 Å². The molecule has 4 nitrogen and oxygen atoms in total. The molecule has 0 bridgehead atoms. The molecule has 1 fully saturated rings. The molecule has 1 aromatic rings. The third-order valence-corrected chi connectivity index (χ3v) is 4.68. The molecular weight excluding hydrogens is 274 g/mol. The van der Waals surface area contributed by atoms with Gasteiger partial charge in [0, 0.05) is 31.2 Å². The van der Waals surface area contributed by atoms with Crippen LogP contribution in [0, 0.1) is 5.92 Å². The number of piperidine rings is 1. The van der Waals surface area contributed by atoms with E-state index in [2.05, 4.69) is 30.7 Å². The van der Waals surface area contributed by atoms with Crippen molar-refractivity contribution in [3.8, 4) is 0 Å². The number of anilines is 1. The molecule has 122 valence electrons. The van der Waals surface area contributed by atoms with E-state index in [0.29, 0.717) is 12.5 Å². The predicted octanol–water partition coefficient (Wildman–Crippen LogP) is 3.33. The monoisotopic (exact) mass is 303 g/mol. The average Bonchev–Trinajstić information content (AvgIpc) is 2.51. The number of carbonyl (C=O) groups excluding carboxylic acids is 1. The van der Waals surface area contributed by atoms with E-state index in [0.717, 1.165) is 24.8 Å². The molecule has 0 aromatic carbocycles. The largest absolute Gasteiger partial charge is 0.299 e. The second kappa shape index (κ2) is 7.73. The first kappa shape index (κ1) is 16.9. The fraction of sp³-hybridized carbons (Fsp3) is 0.667. The Labute approximate surface area is 134 Å². The number of likely N-dealkylation sites (tertiary alicyclic amines) is 1. The number of nitrogens with zero attached hydrogens (tertiary/aromatic N) is 3. The summed E-state index contributed by atoms with van der Waals surface area (Å²) in [5.41, 5.74) is 0. The summed E-state index contributed by atoms with van der Waals surface area (Å²) in [6.45, 7) is 10.7. The molecule has 0 aliphatic carbocycles. The molecule has 4 heteroatoms. The average molecular weight is 303 g/mol. The van der Waals surface area contributed by atoms with Crippen molar-refractivity contribution in [2.75, 3.05) is 18.0 Å². The molecule has 3 atom stereocenters. The maximum absolute atomic E-state index is 12.4. The highest BCUT2D eigenvalue weighted by Crippen LogP contribution is 2.24. The van der Waals surface area contributed by atoms with E-state index >= 15 is 0 Å². The van der Waals surface area contributed by atoms with Crippen molar-refractivity contribution >= 4 is 11.7 Å². The maximum Gasteiger partial charge on any atom is 0.228 e. The number of aromatic nitrogens is 1. The second-order valence-electron chi connectivity index (χ2n) is 6.63. The fourth-order valence-corrected chi connectivity index (χ4v) is 3.41. The Balaban J connectivity index is 2.09. The predicted molar refractivity (Wildman–Crippen MR) is 90.9 cm³/mol. The molecule has 1 aromatic heterocycles. The first-order chi connectivity index (χ1) is 10.5. The highest BCUT2D eigenvalue weighted by atomic mass is 16.2. The minimum Gasteiger partial charge on any atom is -0.299 e. The Morgan fingerprint density at radius 1 is 1.45 bits per heavy atom. The molecule has 1 aliphatic rings. The standard InChI is InChI=1S/C18H29N3O/c1-5-18(22)21(17-8-6-7-10-19-17)16(4)13-20-11-9-14(2)12-15(20)3/h6-8,10,14-16H,5,9,11-13H2,1-4H3/t14-,15-,16?/m1/s1. The lowest BCUT2D eigenvalue weighted by atomic mass is 9.93. The first-order valence-corrected chi connectivity index (χ1v) is 8.50. The minimum absolute atomic E-state index is 0.137. The van der Waals surface area contributed by atoms with Crippen molar-refractivity contribution in [1.82, 2.24) is 9.88 Å². The zero-order valence-electron chi connectivity index (χ0n) is 14.3. The summed E-state index contributed by atoms with van der Waals surface area (Å²) in [4.78, 5) is 21.2. The van der Waals surface area contributed by atoms with Crippen LogP contribution in [0.5, 0.6) is 0 Å². The van der Waals surface area contributed by atoms with Gasteiger partial charge >= 0.3 is 0 Å². The summed E-state index contributed by atoms with van der Waals surface area (Å²) in [6.07, 6.45) is 4.76. The number of rotatable bonds is 5. The van der Waals surface area contributed by atoms with Crippen molar-refractivity contribution < 1.29 is 4.79 Å². The Morgan fingerprint density at radius 2 is 2.23 bits per heavy atom. The van der Waals surface area contributed by atoms with Crippen LogP contribution in [0.15, 0.2) is 24.4 Å². The Hall–Kier alpha value is -1.42. The van der Waals surface area contributed by atoms with Crippen LogP contribution < -0.4 is 4.90 Å². The zero-order chi connectivity index (χ0) is 16.1. The highest BCUT2D eigenvalue weighted by Gasteiger charge is 2.28. The fourth-order valence-electron chi connectivity index (χ4n) is 3.41. The SMILES string of the molecule is CCC(=O)N(c1ccccn1)C(C)CN1CC[C@@H](C)C[C@H]1C. The van der Waals surface area contributed by atoms with Gasteiger partial charge in [-0.05, 0) is 51.3 Å². The van der Waals surface area contributed by atoms with Gasteiger partial charge in [-0.2, -0.15) is 0 Å². The minimum atomic E-state index is 0.137. The van der Waals surface area contributed by atoms with Crippen molar-refractivity contribution in [2.24, 2.45) is 5.92 Å². The van der Waals surface area contributed by atoms with E-state index in [1.54, 1.807) is 6.20 Å². The van der Waals surface area contributed by atoms with Crippen LogP contribution in [0.3, 0.4) is 0 Å². The third-order valence-electron chi connectivity index (χ3n) is 4.68. The third kappa shape index (κ3) is 4.07. The molecule has 22 heavy (non-hydrogen) atoms. The Morgan fingerprint density at radius 3 is 2.82 bits per heavy atom. The molecule has 0 spiro atoms. The quantitative estimate of drug-likeness (QED) is 0.837. The van der Waals surface area contributed by atoms with Gasteiger partial charge in [-0.3, -0.25) is 14.6 Å². The van der Waals surface area contributed by atoms with Gasteiger partial charge in [0.25, 0.3) is 0 Å². The summed E-state index contributed by atoms with van der Waals surface area (Å²) in [7, 11) is 0. The van der Waals surface area contributed by atoms with Gasteiger partial charge in [0.05, 0.1) is 0 Å². The number of pyridine rings is 1. The van der Waals surface area contributed by atoms with Crippen LogP contribution >= 0.6 is 0 Å². The zero-order valence-corrected chi connectivity index (χ0v) is 14.3. The lowest BCUT2D eigenvalue weighted by molar-refractivity contribution is -0.118. The van der Waals surface area contributed by atoms with E-state index in [4.69, 9.17) is 0 Å². The smallest absolute Gasteiger partial charge is 0.228 e. The van der Waals surface area contributed by atoms with E-state index in [9.17, 15) is 4.79 Å². The van der Waals surface area contributed by atoms with Gasteiger partial charge in [0.15, 0.2) is 0 Å². The lowest BCUT2D eigenvalue weighted by Gasteiger charge is -2.40. The van der Waals surface area contributed by atoms with Crippen molar-refractivity contribution in [3.05, 3.63) is 24.4 Å². The van der Waals surface area contributed by atoms with Crippen LogP contribution in [0.25, 0.3) is 0 Å². The molecule has 1 amide bonds. The number of hydrogen-bond acceptors (Lipinski definition) is 3. The summed E-state index contributed by atoms with van der Waals surface area (Å²) >= 11 is 0. The lowest BCUT2D eigenvalue weighted by Crippen LogP contribution is -2.50. The Bertz CT molecular complexity index is 476. The number of hydrogen-bond donors (Lipinski definition) is 0. The van der Waals surface area contributed by atoms with Crippen LogP contribution in [0.1, 0.15) is 47.0 Å². The van der Waals surface area contributed by atoms with Crippen molar-refractivity contribution in [2.45, 2.75) is 59.0 Å². The summed E-state index contributed by atoms with van der Waals surface area (Å²) in [5, 5.41) is 0. The maximum atomic E-state index is 12.4. The molecule has 1 aliphatic heterocycles. The second-order valence-corrected chi connectivity index (χ2v) is 6.63. The molecule has 0 saturated carbocycles. The molecule has 0 radical (unpaired) electrons. The normalized spacial score (nSPS) is 24.0. The number of amides is 1. The molecule has 0 N–H and O–H groups in total. The van der Waals surface area contributed by atoms with E-state index in [1.165, 1.54) is 12.8 Å². The van der Waals surface area contributed by atoms with Gasteiger partial charge < -0.3 is 0 Å². The van der Waals surface area contributed by atoms with Crippen LogP contribution in [0.2, 0.25) is 0 Å². The van der Waals surface area contributed by atoms with Gasteiger partial charge in [-0.15, -0.1) is 0 Å². The summed E-state index contributed by atoms with van der Waals surface area (Å²) in [6, 6.07) is 6.48. The van der Waals surface area contributed by atoms with Gasteiger partial charge in [-0.1, -0.05) is 19.9 Å². The summed E-state index contributed by atoms with van der Waals surface area (Å²) < 4.78 is 0. The first-order valence-electron chi connectivity index (χ1n) is 8.50. The molecule has 1 unspecified atom stereocenters. The molecule has 2 rings (SSSR count). The van der Waals surface area contributed by atoms with E-state index in [-0.39, 0.29) is 11.9 Å². The molecular formula is C18H29N3O. The van der Waals surface area contributed by atoms with E-state index in [1.807, 2.05) is 30.0 Å². The topological polar surface area (TPSA) is 36.4 Å².